The van der Waals surface area contributed by atoms with Crippen LogP contribution in [0.2, 0.25) is 19.1 Å². The topological polar surface area (TPSA) is 86.0 Å². The van der Waals surface area contributed by atoms with E-state index in [-0.39, 0.29) is 12.1 Å². The second-order valence-electron chi connectivity index (χ2n) is 6.62. The minimum atomic E-state index is -1.48. The van der Waals surface area contributed by atoms with E-state index in [9.17, 15) is 5.11 Å². The van der Waals surface area contributed by atoms with E-state index in [1.54, 1.807) is 7.11 Å². The van der Waals surface area contributed by atoms with Crippen LogP contribution in [0, 0.1) is 0 Å². The summed E-state index contributed by atoms with van der Waals surface area (Å²) >= 11 is 0. The van der Waals surface area contributed by atoms with Crippen LogP contribution in [0.3, 0.4) is 0 Å². The fourth-order valence-electron chi connectivity index (χ4n) is 1.81. The van der Waals surface area contributed by atoms with Crippen molar-refractivity contribution in [2.75, 3.05) is 40.1 Å². The van der Waals surface area contributed by atoms with Gasteiger partial charge in [-0.2, -0.15) is 0 Å². The normalized spacial score (nSPS) is 16.5. The fourth-order valence-corrected chi connectivity index (χ4v) is 3.01. The highest BCUT2D eigenvalue weighted by molar-refractivity contribution is 6.71. The summed E-state index contributed by atoms with van der Waals surface area (Å²) in [6.07, 6.45) is 0.484. The van der Waals surface area contributed by atoms with Gasteiger partial charge in [0.2, 0.25) is 0 Å². The van der Waals surface area contributed by atoms with Crippen LogP contribution >= 0.6 is 0 Å². The van der Waals surface area contributed by atoms with Gasteiger partial charge in [0.15, 0.2) is 8.32 Å². The van der Waals surface area contributed by atoms with Gasteiger partial charge in [-0.1, -0.05) is 0 Å². The number of nitrogens with one attached hydrogen (secondary N) is 1. The molecule has 0 aromatic carbocycles. The van der Waals surface area contributed by atoms with E-state index in [0.717, 1.165) is 12.5 Å². The Bertz CT molecular complexity index is 268. The lowest BCUT2D eigenvalue weighted by Gasteiger charge is -2.20. The number of ether oxygens (including phenoxy) is 2. The second-order valence-corrected chi connectivity index (χ2v) is 11.0. The molecule has 3 unspecified atom stereocenters. The maximum absolute atomic E-state index is 9.85. The maximum atomic E-state index is 9.85. The Hall–Kier alpha value is -0.0231. The lowest BCUT2D eigenvalue weighted by Crippen LogP contribution is -2.39. The molecule has 3 atom stereocenters. The fraction of sp³-hybridized carbons (Fsp3) is 1.00. The molecule has 0 heterocycles. The number of aliphatic hydroxyl groups excluding tert-OH is 1. The summed E-state index contributed by atoms with van der Waals surface area (Å²) in [6, 6.07) is 1.31. The predicted octanol–water partition coefficient (Wildman–Crippen LogP) is 0.947. The van der Waals surface area contributed by atoms with Crippen molar-refractivity contribution in [1.82, 2.24) is 5.32 Å². The molecule has 0 saturated carbocycles. The zero-order chi connectivity index (χ0) is 17.0. The van der Waals surface area contributed by atoms with Gasteiger partial charge in [0, 0.05) is 32.3 Å². The van der Waals surface area contributed by atoms with Crippen LogP contribution in [0.5, 0.6) is 0 Å². The van der Waals surface area contributed by atoms with Gasteiger partial charge in [0.25, 0.3) is 0 Å². The predicted molar refractivity (Wildman–Crippen MR) is 92.7 cm³/mol. The van der Waals surface area contributed by atoms with Crippen molar-refractivity contribution >= 4 is 8.32 Å². The summed E-state index contributed by atoms with van der Waals surface area (Å²) in [5.41, 5.74) is 5.61. The molecule has 134 valence electrons. The van der Waals surface area contributed by atoms with Crippen LogP contribution in [-0.4, -0.2) is 71.7 Å². The van der Waals surface area contributed by atoms with Gasteiger partial charge in [-0.3, -0.25) is 0 Å². The van der Waals surface area contributed by atoms with Crippen molar-refractivity contribution in [2.45, 2.75) is 57.6 Å². The van der Waals surface area contributed by atoms with Crippen molar-refractivity contribution in [3.8, 4) is 0 Å². The molecule has 0 aliphatic carbocycles. The molecule has 0 bridgehead atoms. The van der Waals surface area contributed by atoms with Crippen LogP contribution in [-0.2, 0) is 13.9 Å². The highest BCUT2D eigenvalue weighted by Gasteiger charge is 2.19. The van der Waals surface area contributed by atoms with Crippen LogP contribution < -0.4 is 11.1 Å². The van der Waals surface area contributed by atoms with E-state index < -0.39 is 14.4 Å². The number of nitrogens with two attached hydrogens (primary N) is 1. The average Bonchev–Trinajstić information content (AvgIpc) is 2.44. The third kappa shape index (κ3) is 13.6. The third-order valence-electron chi connectivity index (χ3n) is 3.38. The first kappa shape index (κ1) is 22.0. The Kier molecular flexibility index (Phi) is 12.4. The maximum Gasteiger partial charge on any atom is 0.186 e. The SMILES string of the molecule is CO[Si](C)(C)CCCOCC(O)CNC(C)COCC(C)N. The standard InChI is InChI=1S/C15H36N2O4Si/c1-13(16)10-21-11-14(2)17-9-15(18)12-20-7-6-8-22(4,5)19-3/h13-15,17-18H,6-12,16H2,1-5H3. The van der Waals surface area contributed by atoms with E-state index in [1.165, 1.54) is 0 Å². The molecule has 0 aliphatic rings. The summed E-state index contributed by atoms with van der Waals surface area (Å²) in [7, 11) is 0.296. The number of hydrogen-bond donors (Lipinski definition) is 3. The lowest BCUT2D eigenvalue weighted by molar-refractivity contribution is 0.0328. The molecule has 0 saturated heterocycles. The molecule has 0 spiro atoms. The van der Waals surface area contributed by atoms with E-state index in [0.29, 0.717) is 33.0 Å². The Morgan fingerprint density at radius 2 is 1.82 bits per heavy atom. The van der Waals surface area contributed by atoms with Crippen LogP contribution in [0.4, 0.5) is 0 Å². The van der Waals surface area contributed by atoms with E-state index in [4.69, 9.17) is 19.6 Å². The van der Waals surface area contributed by atoms with Crippen molar-refractivity contribution in [3.63, 3.8) is 0 Å². The molecular weight excluding hydrogens is 300 g/mol. The van der Waals surface area contributed by atoms with E-state index >= 15 is 0 Å². The average molecular weight is 337 g/mol. The smallest absolute Gasteiger partial charge is 0.186 e. The van der Waals surface area contributed by atoms with Gasteiger partial charge in [0.1, 0.15) is 0 Å². The van der Waals surface area contributed by atoms with Crippen molar-refractivity contribution < 1.29 is 19.0 Å². The lowest BCUT2D eigenvalue weighted by atomic mass is 10.3. The van der Waals surface area contributed by atoms with Crippen LogP contribution in [0.15, 0.2) is 0 Å². The minimum Gasteiger partial charge on any atom is -0.420 e. The molecule has 0 fully saturated rings. The largest absolute Gasteiger partial charge is 0.420 e. The van der Waals surface area contributed by atoms with Crippen LogP contribution in [0.1, 0.15) is 20.3 Å². The summed E-state index contributed by atoms with van der Waals surface area (Å²) in [4.78, 5) is 0. The first-order chi connectivity index (χ1) is 10.3. The van der Waals surface area contributed by atoms with Gasteiger partial charge in [-0.25, -0.2) is 0 Å². The highest BCUT2D eigenvalue weighted by atomic mass is 28.4. The Morgan fingerprint density at radius 3 is 2.41 bits per heavy atom. The third-order valence-corrected chi connectivity index (χ3v) is 6.04. The molecule has 0 rings (SSSR count). The molecule has 0 aromatic rings. The van der Waals surface area contributed by atoms with Crippen molar-refractivity contribution in [1.29, 1.82) is 0 Å². The number of hydrogen-bond acceptors (Lipinski definition) is 6. The minimum absolute atomic E-state index is 0.0531. The Labute approximate surface area is 136 Å². The van der Waals surface area contributed by atoms with Crippen LogP contribution in [0.25, 0.3) is 0 Å². The quantitative estimate of drug-likeness (QED) is 0.323. The van der Waals surface area contributed by atoms with Gasteiger partial charge in [-0.15, -0.1) is 0 Å². The van der Waals surface area contributed by atoms with Crippen molar-refractivity contribution in [2.24, 2.45) is 5.73 Å². The molecule has 0 amide bonds. The molecule has 0 aromatic heterocycles. The summed E-state index contributed by atoms with van der Waals surface area (Å²) < 4.78 is 16.4. The first-order valence-corrected chi connectivity index (χ1v) is 11.3. The van der Waals surface area contributed by atoms with Crippen molar-refractivity contribution in [3.05, 3.63) is 0 Å². The molecule has 7 heteroatoms. The zero-order valence-electron chi connectivity index (χ0n) is 14.9. The molecule has 0 radical (unpaired) electrons. The number of rotatable bonds is 14. The molecule has 22 heavy (non-hydrogen) atoms. The zero-order valence-corrected chi connectivity index (χ0v) is 15.9. The number of aliphatic hydroxyl groups is 1. The first-order valence-electron chi connectivity index (χ1n) is 8.14. The monoisotopic (exact) mass is 336 g/mol. The van der Waals surface area contributed by atoms with Gasteiger partial charge < -0.3 is 30.1 Å². The van der Waals surface area contributed by atoms with Gasteiger partial charge in [-0.05, 0) is 39.4 Å². The molecule has 0 aliphatic heterocycles. The van der Waals surface area contributed by atoms with Gasteiger partial charge >= 0.3 is 0 Å². The summed E-state index contributed by atoms with van der Waals surface area (Å²) in [5, 5.41) is 13.1. The van der Waals surface area contributed by atoms with E-state index in [2.05, 4.69) is 18.4 Å². The summed E-state index contributed by atoms with van der Waals surface area (Å²) in [5.74, 6) is 0. The van der Waals surface area contributed by atoms with E-state index in [1.807, 2.05) is 13.8 Å². The molecular formula is C15H36N2O4Si. The second kappa shape index (κ2) is 12.4. The highest BCUT2D eigenvalue weighted by Crippen LogP contribution is 2.12. The summed E-state index contributed by atoms with van der Waals surface area (Å²) in [6.45, 7) is 11.0. The Balaban J connectivity index is 3.51. The van der Waals surface area contributed by atoms with Gasteiger partial charge in [0.05, 0.1) is 25.9 Å². The Morgan fingerprint density at radius 1 is 1.14 bits per heavy atom. The molecule has 4 N–H and O–H groups in total. The molecule has 6 nitrogen and oxygen atoms in total.